The van der Waals surface area contributed by atoms with E-state index >= 15 is 0 Å². The van der Waals surface area contributed by atoms with Crippen molar-refractivity contribution in [3.05, 3.63) is 34.3 Å². The fourth-order valence-corrected chi connectivity index (χ4v) is 3.11. The van der Waals surface area contributed by atoms with E-state index in [1.54, 1.807) is 18.2 Å². The monoisotopic (exact) mass is 309 g/mol. The molecule has 1 aromatic carbocycles. The first-order chi connectivity index (χ1) is 9.99. The number of carboxylic acids is 1. The number of carboxylic acid groups (broad SMARTS) is 1. The lowest BCUT2D eigenvalue weighted by Crippen LogP contribution is -2.37. The smallest absolute Gasteiger partial charge is 0.306 e. The van der Waals surface area contributed by atoms with Crippen molar-refractivity contribution >= 4 is 23.5 Å². The lowest BCUT2D eigenvalue weighted by molar-refractivity contribution is -0.144. The van der Waals surface area contributed by atoms with Crippen molar-refractivity contribution in [2.24, 2.45) is 11.8 Å². The number of amides is 1. The fraction of sp³-hybridized carbons (Fsp3) is 0.500. The van der Waals surface area contributed by atoms with Crippen LogP contribution in [0.2, 0.25) is 5.02 Å². The van der Waals surface area contributed by atoms with Gasteiger partial charge in [0, 0.05) is 17.1 Å². The van der Waals surface area contributed by atoms with Crippen molar-refractivity contribution in [2.75, 3.05) is 6.54 Å². The summed E-state index contributed by atoms with van der Waals surface area (Å²) in [6.07, 6.45) is 3.53. The second-order valence-corrected chi connectivity index (χ2v) is 6.09. The molecule has 1 aromatic rings. The zero-order valence-electron chi connectivity index (χ0n) is 12.1. The molecule has 114 valence electrons. The molecule has 0 heterocycles. The van der Waals surface area contributed by atoms with E-state index in [1.165, 1.54) is 0 Å². The van der Waals surface area contributed by atoms with Crippen LogP contribution in [0.5, 0.6) is 0 Å². The average molecular weight is 310 g/mol. The molecule has 21 heavy (non-hydrogen) atoms. The van der Waals surface area contributed by atoms with E-state index in [0.29, 0.717) is 23.6 Å². The first-order valence-corrected chi connectivity index (χ1v) is 7.64. The highest BCUT2D eigenvalue weighted by atomic mass is 35.5. The van der Waals surface area contributed by atoms with Crippen molar-refractivity contribution in [3.63, 3.8) is 0 Å². The fourth-order valence-electron chi connectivity index (χ4n) is 2.93. The highest BCUT2D eigenvalue weighted by Gasteiger charge is 2.30. The van der Waals surface area contributed by atoms with Crippen LogP contribution in [0.4, 0.5) is 0 Å². The summed E-state index contributed by atoms with van der Waals surface area (Å²) in [6.45, 7) is 2.26. The standard InChI is InChI=1S/C16H20ClNO3/c1-10-6-7-12(17)8-14(10)15(19)18-9-11-4-2-3-5-13(11)16(20)21/h6-8,11,13H,2-5,9H2,1H3,(H,18,19)(H,20,21). The Morgan fingerprint density at radius 1 is 1.33 bits per heavy atom. The van der Waals surface area contributed by atoms with Gasteiger partial charge in [-0.2, -0.15) is 0 Å². The van der Waals surface area contributed by atoms with Gasteiger partial charge in [0.1, 0.15) is 0 Å². The van der Waals surface area contributed by atoms with Gasteiger partial charge in [0.05, 0.1) is 5.92 Å². The van der Waals surface area contributed by atoms with Crippen LogP contribution in [0, 0.1) is 18.8 Å². The largest absolute Gasteiger partial charge is 0.481 e. The summed E-state index contributed by atoms with van der Waals surface area (Å²) in [6, 6.07) is 5.19. The van der Waals surface area contributed by atoms with Gasteiger partial charge in [-0.05, 0) is 43.4 Å². The Labute approximate surface area is 129 Å². The van der Waals surface area contributed by atoms with Crippen LogP contribution in [0.1, 0.15) is 41.6 Å². The number of nitrogens with one attached hydrogen (secondary N) is 1. The number of aryl methyl sites for hydroxylation is 1. The van der Waals surface area contributed by atoms with Crippen LogP contribution >= 0.6 is 11.6 Å². The molecule has 2 atom stereocenters. The second kappa shape index (κ2) is 6.94. The van der Waals surface area contributed by atoms with Crippen molar-refractivity contribution in [3.8, 4) is 0 Å². The van der Waals surface area contributed by atoms with Gasteiger partial charge in [-0.25, -0.2) is 0 Å². The van der Waals surface area contributed by atoms with Gasteiger partial charge in [-0.1, -0.05) is 30.5 Å². The number of hydrogen-bond donors (Lipinski definition) is 2. The number of rotatable bonds is 4. The summed E-state index contributed by atoms with van der Waals surface area (Å²) in [7, 11) is 0. The topological polar surface area (TPSA) is 66.4 Å². The number of aliphatic carboxylic acids is 1. The molecule has 1 aliphatic carbocycles. The number of carbonyl (C=O) groups is 2. The molecule has 1 aliphatic rings. The zero-order valence-corrected chi connectivity index (χ0v) is 12.8. The minimum atomic E-state index is -0.757. The number of hydrogen-bond acceptors (Lipinski definition) is 2. The van der Waals surface area contributed by atoms with E-state index in [1.807, 2.05) is 6.92 Å². The van der Waals surface area contributed by atoms with E-state index in [4.69, 9.17) is 11.6 Å². The maximum absolute atomic E-state index is 12.2. The van der Waals surface area contributed by atoms with Gasteiger partial charge in [0.15, 0.2) is 0 Å². The first kappa shape index (κ1) is 15.8. The number of carbonyl (C=O) groups excluding carboxylic acids is 1. The molecular weight excluding hydrogens is 290 g/mol. The highest BCUT2D eigenvalue weighted by Crippen LogP contribution is 2.29. The van der Waals surface area contributed by atoms with Gasteiger partial charge in [-0.15, -0.1) is 0 Å². The van der Waals surface area contributed by atoms with Crippen LogP contribution in [0.15, 0.2) is 18.2 Å². The molecule has 1 amide bonds. The molecule has 2 rings (SSSR count). The third-order valence-electron chi connectivity index (χ3n) is 4.20. The quantitative estimate of drug-likeness (QED) is 0.897. The Balaban J connectivity index is 1.99. The van der Waals surface area contributed by atoms with Gasteiger partial charge >= 0.3 is 5.97 Å². The predicted molar refractivity (Wildman–Crippen MR) is 81.6 cm³/mol. The summed E-state index contributed by atoms with van der Waals surface area (Å²) < 4.78 is 0. The summed E-state index contributed by atoms with van der Waals surface area (Å²) in [5.74, 6) is -1.28. The average Bonchev–Trinajstić information content (AvgIpc) is 2.47. The molecule has 0 saturated heterocycles. The van der Waals surface area contributed by atoms with Crippen molar-refractivity contribution in [2.45, 2.75) is 32.6 Å². The lowest BCUT2D eigenvalue weighted by atomic mass is 9.79. The van der Waals surface area contributed by atoms with E-state index in [-0.39, 0.29) is 17.7 Å². The molecule has 2 unspecified atom stereocenters. The van der Waals surface area contributed by atoms with E-state index in [9.17, 15) is 14.7 Å². The van der Waals surface area contributed by atoms with E-state index < -0.39 is 5.97 Å². The third kappa shape index (κ3) is 3.97. The number of benzene rings is 1. The summed E-state index contributed by atoms with van der Waals surface area (Å²) in [5.41, 5.74) is 1.40. The molecule has 2 N–H and O–H groups in total. The van der Waals surface area contributed by atoms with E-state index in [2.05, 4.69) is 5.32 Å². The number of halogens is 1. The Morgan fingerprint density at radius 3 is 2.76 bits per heavy atom. The molecular formula is C16H20ClNO3. The van der Waals surface area contributed by atoms with Gasteiger partial charge < -0.3 is 10.4 Å². The van der Waals surface area contributed by atoms with Crippen LogP contribution in [-0.2, 0) is 4.79 Å². The summed E-state index contributed by atoms with van der Waals surface area (Å²) in [4.78, 5) is 23.5. The van der Waals surface area contributed by atoms with Gasteiger partial charge in [0.25, 0.3) is 5.91 Å². The molecule has 1 fully saturated rings. The maximum atomic E-state index is 12.2. The molecule has 0 aliphatic heterocycles. The van der Waals surface area contributed by atoms with Crippen LogP contribution in [0.25, 0.3) is 0 Å². The van der Waals surface area contributed by atoms with Crippen molar-refractivity contribution in [1.29, 1.82) is 0 Å². The van der Waals surface area contributed by atoms with E-state index in [0.717, 1.165) is 24.8 Å². The van der Waals surface area contributed by atoms with Crippen LogP contribution in [-0.4, -0.2) is 23.5 Å². The minimum Gasteiger partial charge on any atom is -0.481 e. The zero-order chi connectivity index (χ0) is 15.4. The minimum absolute atomic E-state index is 0.0136. The van der Waals surface area contributed by atoms with Crippen molar-refractivity contribution in [1.82, 2.24) is 5.32 Å². The van der Waals surface area contributed by atoms with Crippen LogP contribution in [0.3, 0.4) is 0 Å². The molecule has 0 aromatic heterocycles. The van der Waals surface area contributed by atoms with Crippen molar-refractivity contribution < 1.29 is 14.7 Å². The normalized spacial score (nSPS) is 21.8. The Bertz CT molecular complexity index is 544. The molecule has 0 spiro atoms. The maximum Gasteiger partial charge on any atom is 0.306 e. The Kier molecular flexibility index (Phi) is 5.23. The SMILES string of the molecule is Cc1ccc(Cl)cc1C(=O)NCC1CCCCC1C(=O)O. The Morgan fingerprint density at radius 2 is 2.05 bits per heavy atom. The lowest BCUT2D eigenvalue weighted by Gasteiger charge is -2.28. The molecule has 1 saturated carbocycles. The molecule has 4 nitrogen and oxygen atoms in total. The highest BCUT2D eigenvalue weighted by molar-refractivity contribution is 6.31. The van der Waals surface area contributed by atoms with Gasteiger partial charge in [0.2, 0.25) is 0 Å². The van der Waals surface area contributed by atoms with Crippen LogP contribution < -0.4 is 5.32 Å². The molecule has 0 bridgehead atoms. The van der Waals surface area contributed by atoms with Gasteiger partial charge in [-0.3, -0.25) is 9.59 Å². The summed E-state index contributed by atoms with van der Waals surface area (Å²) >= 11 is 5.92. The second-order valence-electron chi connectivity index (χ2n) is 5.66. The first-order valence-electron chi connectivity index (χ1n) is 7.26. The molecule has 0 radical (unpaired) electrons. The molecule has 5 heteroatoms. The Hall–Kier alpha value is -1.55. The summed E-state index contributed by atoms with van der Waals surface area (Å²) in [5, 5.41) is 12.6. The predicted octanol–water partition coefficient (Wildman–Crippen LogP) is 3.27. The third-order valence-corrected chi connectivity index (χ3v) is 4.43.